The minimum Gasteiger partial charge on any atom is -0.476 e. The third-order valence-electron chi connectivity index (χ3n) is 2.26. The fraction of sp³-hybridized carbons (Fsp3) is 0.364. The van der Waals surface area contributed by atoms with Gasteiger partial charge in [0.2, 0.25) is 0 Å². The number of aromatic carboxylic acids is 1. The molecule has 0 saturated carbocycles. The summed E-state index contributed by atoms with van der Waals surface area (Å²) in [6.45, 7) is 2.81. The summed E-state index contributed by atoms with van der Waals surface area (Å²) in [5, 5.41) is 15.5. The minimum absolute atomic E-state index is 0.0527. The topological polar surface area (TPSA) is 68.0 Å². The van der Waals surface area contributed by atoms with E-state index in [9.17, 15) is 13.6 Å². The summed E-state index contributed by atoms with van der Waals surface area (Å²) < 4.78 is 28.1. The lowest BCUT2D eigenvalue weighted by Gasteiger charge is -2.06. The molecule has 7 heteroatoms. The second kappa shape index (κ2) is 6.04. The fourth-order valence-electron chi connectivity index (χ4n) is 1.31. The highest BCUT2D eigenvalue weighted by molar-refractivity contribution is 5.84. The molecule has 1 aromatic heterocycles. The Balaban J connectivity index is 3.01. The molecule has 1 aromatic rings. The molecular formula is C11H13F2N3O2. The fourth-order valence-corrected chi connectivity index (χ4v) is 1.31. The van der Waals surface area contributed by atoms with Gasteiger partial charge in [-0.05, 0) is 13.3 Å². The van der Waals surface area contributed by atoms with E-state index in [1.165, 1.54) is 6.92 Å². The average Bonchev–Trinajstić information content (AvgIpc) is 2.82. The lowest BCUT2D eigenvalue weighted by molar-refractivity contribution is 0.0690. The average molecular weight is 257 g/mol. The number of carboxylic acids is 1. The molecule has 0 spiro atoms. The largest absolute Gasteiger partial charge is 0.476 e. The first-order valence-corrected chi connectivity index (χ1v) is 5.32. The van der Waals surface area contributed by atoms with Gasteiger partial charge < -0.3 is 5.11 Å². The van der Waals surface area contributed by atoms with E-state index in [0.29, 0.717) is 0 Å². The molecule has 0 fully saturated rings. The van der Waals surface area contributed by atoms with Crippen molar-refractivity contribution in [3.8, 4) is 0 Å². The van der Waals surface area contributed by atoms with E-state index in [0.717, 1.165) is 17.0 Å². The van der Waals surface area contributed by atoms with E-state index in [2.05, 4.69) is 10.3 Å². The zero-order valence-corrected chi connectivity index (χ0v) is 10.0. The van der Waals surface area contributed by atoms with Gasteiger partial charge in [0.25, 0.3) is 0 Å². The van der Waals surface area contributed by atoms with Crippen molar-refractivity contribution in [1.29, 1.82) is 0 Å². The predicted molar refractivity (Wildman–Crippen MR) is 60.3 cm³/mol. The van der Waals surface area contributed by atoms with Crippen LogP contribution < -0.4 is 0 Å². The van der Waals surface area contributed by atoms with Gasteiger partial charge in [0.15, 0.2) is 5.69 Å². The van der Waals surface area contributed by atoms with Gasteiger partial charge >= 0.3 is 5.97 Å². The van der Waals surface area contributed by atoms with Gasteiger partial charge in [-0.1, -0.05) is 18.2 Å². The molecule has 0 amide bonds. The number of aromatic nitrogens is 3. The summed E-state index contributed by atoms with van der Waals surface area (Å²) in [7, 11) is 0. The van der Waals surface area contributed by atoms with Gasteiger partial charge in [-0.3, -0.25) is 0 Å². The van der Waals surface area contributed by atoms with Crippen LogP contribution in [-0.4, -0.2) is 26.1 Å². The van der Waals surface area contributed by atoms with Crippen molar-refractivity contribution in [3.05, 3.63) is 35.2 Å². The van der Waals surface area contributed by atoms with Crippen molar-refractivity contribution < 1.29 is 18.7 Å². The van der Waals surface area contributed by atoms with Gasteiger partial charge in [-0.15, -0.1) is 5.10 Å². The Hall–Kier alpha value is -2.05. The molecule has 0 aliphatic carbocycles. The van der Waals surface area contributed by atoms with Crippen LogP contribution in [0, 0.1) is 0 Å². The molecule has 0 aromatic carbocycles. The number of halogens is 2. The third-order valence-corrected chi connectivity index (χ3v) is 2.26. The first-order valence-electron chi connectivity index (χ1n) is 5.32. The molecule has 0 aliphatic heterocycles. The van der Waals surface area contributed by atoms with E-state index in [4.69, 9.17) is 5.11 Å². The molecule has 0 aliphatic rings. The van der Waals surface area contributed by atoms with Crippen LogP contribution in [-0.2, 0) is 6.54 Å². The molecule has 1 rings (SSSR count). The molecule has 5 nitrogen and oxygen atoms in total. The SMILES string of the molecule is CC=C(F)C(Cn1cc(C(=O)O)nn1)=C(F)CC. The van der Waals surface area contributed by atoms with E-state index >= 15 is 0 Å². The van der Waals surface area contributed by atoms with Gasteiger partial charge in [-0.25, -0.2) is 18.3 Å². The summed E-state index contributed by atoms with van der Waals surface area (Å²) in [5.41, 5.74) is -0.422. The standard InChI is InChI=1S/C11H13F2N3O2/c1-3-8(12)7(9(13)4-2)5-16-6-10(11(17)18)14-15-16/h3,6H,4-5H2,1-2H3,(H,17,18). The van der Waals surface area contributed by atoms with Crippen LogP contribution in [0.1, 0.15) is 30.8 Å². The Bertz CT molecular complexity index is 506. The highest BCUT2D eigenvalue weighted by atomic mass is 19.1. The van der Waals surface area contributed by atoms with Crippen LogP contribution in [0.15, 0.2) is 29.5 Å². The number of allylic oxidation sites excluding steroid dienone is 4. The van der Waals surface area contributed by atoms with E-state index < -0.39 is 17.6 Å². The molecule has 1 N–H and O–H groups in total. The molecule has 0 atom stereocenters. The van der Waals surface area contributed by atoms with E-state index in [-0.39, 0.29) is 24.2 Å². The molecule has 1 heterocycles. The highest BCUT2D eigenvalue weighted by Gasteiger charge is 2.14. The number of nitrogens with zero attached hydrogens (tertiary/aromatic N) is 3. The molecule has 0 radical (unpaired) electrons. The second-order valence-electron chi connectivity index (χ2n) is 3.48. The van der Waals surface area contributed by atoms with E-state index in [1.54, 1.807) is 6.92 Å². The van der Waals surface area contributed by atoms with Crippen LogP contribution in [0.25, 0.3) is 0 Å². The zero-order valence-electron chi connectivity index (χ0n) is 10.0. The number of hydrogen-bond donors (Lipinski definition) is 1. The van der Waals surface area contributed by atoms with Crippen molar-refractivity contribution in [2.45, 2.75) is 26.8 Å². The van der Waals surface area contributed by atoms with Crippen molar-refractivity contribution in [3.63, 3.8) is 0 Å². The van der Waals surface area contributed by atoms with Crippen molar-refractivity contribution >= 4 is 5.97 Å². The maximum absolute atomic E-state index is 13.5. The van der Waals surface area contributed by atoms with Crippen molar-refractivity contribution in [2.24, 2.45) is 0 Å². The third kappa shape index (κ3) is 3.22. The molecule has 18 heavy (non-hydrogen) atoms. The van der Waals surface area contributed by atoms with Gasteiger partial charge in [0, 0.05) is 5.57 Å². The van der Waals surface area contributed by atoms with Gasteiger partial charge in [0.05, 0.1) is 12.7 Å². The molecule has 0 unspecified atom stereocenters. The van der Waals surface area contributed by atoms with Crippen LogP contribution in [0.5, 0.6) is 0 Å². The van der Waals surface area contributed by atoms with Gasteiger partial charge in [-0.2, -0.15) is 0 Å². The lowest BCUT2D eigenvalue weighted by Crippen LogP contribution is -2.04. The summed E-state index contributed by atoms with van der Waals surface area (Å²) in [5.74, 6) is -2.53. The molecule has 0 saturated heterocycles. The monoisotopic (exact) mass is 257 g/mol. The van der Waals surface area contributed by atoms with Crippen LogP contribution >= 0.6 is 0 Å². The Morgan fingerprint density at radius 1 is 1.56 bits per heavy atom. The molecule has 0 bridgehead atoms. The lowest BCUT2D eigenvalue weighted by atomic mass is 10.1. The molecule has 98 valence electrons. The Morgan fingerprint density at radius 2 is 2.22 bits per heavy atom. The predicted octanol–water partition coefficient (Wildman–Crippen LogP) is 2.48. The smallest absolute Gasteiger partial charge is 0.358 e. The van der Waals surface area contributed by atoms with Crippen molar-refractivity contribution in [2.75, 3.05) is 0 Å². The Morgan fingerprint density at radius 3 is 2.67 bits per heavy atom. The van der Waals surface area contributed by atoms with Crippen LogP contribution in [0.2, 0.25) is 0 Å². The quantitative estimate of drug-likeness (QED) is 0.823. The Kier molecular flexibility index (Phi) is 4.70. The number of rotatable bonds is 5. The summed E-state index contributed by atoms with van der Waals surface area (Å²) in [6, 6.07) is 0. The second-order valence-corrected chi connectivity index (χ2v) is 3.48. The summed E-state index contributed by atoms with van der Waals surface area (Å²) >= 11 is 0. The minimum atomic E-state index is -1.24. The Labute approximate surface area is 102 Å². The maximum atomic E-state index is 13.5. The first-order chi connectivity index (χ1) is 8.49. The van der Waals surface area contributed by atoms with Crippen LogP contribution in [0.3, 0.4) is 0 Å². The van der Waals surface area contributed by atoms with Crippen LogP contribution in [0.4, 0.5) is 8.78 Å². The maximum Gasteiger partial charge on any atom is 0.358 e. The summed E-state index contributed by atoms with van der Waals surface area (Å²) in [6.07, 6.45) is 2.31. The first kappa shape index (κ1) is 14.0. The zero-order chi connectivity index (χ0) is 13.7. The number of carboxylic acid groups (broad SMARTS) is 1. The number of carbonyl (C=O) groups is 1. The summed E-state index contributed by atoms with van der Waals surface area (Å²) in [4.78, 5) is 10.6. The normalized spacial score (nSPS) is 13.4. The highest BCUT2D eigenvalue weighted by Crippen LogP contribution is 2.21. The van der Waals surface area contributed by atoms with E-state index in [1.807, 2.05) is 0 Å². The molecular weight excluding hydrogens is 244 g/mol. The van der Waals surface area contributed by atoms with Gasteiger partial charge in [0.1, 0.15) is 11.7 Å². The van der Waals surface area contributed by atoms with Crippen molar-refractivity contribution in [1.82, 2.24) is 15.0 Å². The number of hydrogen-bond acceptors (Lipinski definition) is 3.